The van der Waals surface area contributed by atoms with Gasteiger partial charge in [0.05, 0.1) is 30.2 Å². The van der Waals surface area contributed by atoms with E-state index in [0.29, 0.717) is 38.7 Å². The molecule has 3 rings (SSSR count). The molecule has 166 valence electrons. The molecule has 0 aliphatic heterocycles. The van der Waals surface area contributed by atoms with E-state index in [9.17, 15) is 9.59 Å². The molecule has 2 N–H and O–H groups in total. The van der Waals surface area contributed by atoms with Gasteiger partial charge in [0.1, 0.15) is 4.34 Å². The Morgan fingerprint density at radius 3 is 2.59 bits per heavy atom. The molecule has 0 saturated heterocycles. The van der Waals surface area contributed by atoms with E-state index in [0.717, 1.165) is 0 Å². The molecule has 0 bridgehead atoms. The van der Waals surface area contributed by atoms with Gasteiger partial charge in [0, 0.05) is 30.6 Å². The number of carbonyl (C=O) groups excluding carboxylic acids is 2. The monoisotopic (exact) mass is 471 g/mol. The van der Waals surface area contributed by atoms with E-state index < -0.39 is 5.92 Å². The average molecular weight is 472 g/mol. The Labute approximate surface area is 194 Å². The number of likely N-dealkylation sites (N-methyl/N-ethyl adjacent to an activating group) is 1. The molecule has 11 heteroatoms. The lowest BCUT2D eigenvalue weighted by Gasteiger charge is -2.12. The SMILES string of the molecule is CC(C(=O)Nc1ncc(Cl)s1)c1cncc(-c2cnc(NC(=O)/C=C/CN(C)C)cn2)c1. The number of hydrogen-bond acceptors (Lipinski definition) is 8. The average Bonchev–Trinajstić information content (AvgIpc) is 3.18. The normalized spacial score (nSPS) is 12.2. The van der Waals surface area contributed by atoms with E-state index >= 15 is 0 Å². The molecular weight excluding hydrogens is 450 g/mol. The first-order chi connectivity index (χ1) is 15.3. The van der Waals surface area contributed by atoms with Crippen molar-refractivity contribution in [3.05, 3.63) is 59.1 Å². The molecule has 0 saturated carbocycles. The van der Waals surface area contributed by atoms with Crippen molar-refractivity contribution in [2.24, 2.45) is 0 Å². The van der Waals surface area contributed by atoms with Crippen molar-refractivity contribution in [2.45, 2.75) is 12.8 Å². The van der Waals surface area contributed by atoms with E-state index in [-0.39, 0.29) is 11.8 Å². The van der Waals surface area contributed by atoms with E-state index in [2.05, 4.69) is 30.6 Å². The molecule has 9 nitrogen and oxygen atoms in total. The predicted octanol–water partition coefficient (Wildman–Crippen LogP) is 3.45. The van der Waals surface area contributed by atoms with Crippen LogP contribution in [0.2, 0.25) is 4.34 Å². The largest absolute Gasteiger partial charge is 0.306 e. The van der Waals surface area contributed by atoms with Gasteiger partial charge in [-0.1, -0.05) is 29.0 Å². The molecule has 0 aliphatic carbocycles. The van der Waals surface area contributed by atoms with Gasteiger partial charge in [-0.15, -0.1) is 0 Å². The summed E-state index contributed by atoms with van der Waals surface area (Å²) in [7, 11) is 3.83. The summed E-state index contributed by atoms with van der Waals surface area (Å²) >= 11 is 7.05. The van der Waals surface area contributed by atoms with Crippen molar-refractivity contribution in [3.8, 4) is 11.3 Å². The Morgan fingerprint density at radius 1 is 1.12 bits per heavy atom. The Morgan fingerprint density at radius 2 is 1.94 bits per heavy atom. The Hall–Kier alpha value is -3.21. The molecule has 32 heavy (non-hydrogen) atoms. The molecule has 3 aromatic rings. The fourth-order valence-electron chi connectivity index (χ4n) is 2.59. The Balaban J connectivity index is 1.66. The second kappa shape index (κ2) is 10.9. The van der Waals surface area contributed by atoms with Crippen molar-refractivity contribution >= 4 is 45.7 Å². The molecule has 3 heterocycles. The van der Waals surface area contributed by atoms with E-state index in [4.69, 9.17) is 11.6 Å². The van der Waals surface area contributed by atoms with Gasteiger partial charge in [-0.05, 0) is 32.6 Å². The number of nitrogens with zero attached hydrogens (tertiary/aromatic N) is 5. The second-order valence-electron chi connectivity index (χ2n) is 7.13. The number of rotatable bonds is 8. The predicted molar refractivity (Wildman–Crippen MR) is 126 cm³/mol. The van der Waals surface area contributed by atoms with Crippen LogP contribution in [0.15, 0.2) is 49.2 Å². The highest BCUT2D eigenvalue weighted by atomic mass is 35.5. The molecule has 1 atom stereocenters. The summed E-state index contributed by atoms with van der Waals surface area (Å²) in [5, 5.41) is 5.85. The minimum atomic E-state index is -0.467. The molecule has 0 aliphatic rings. The summed E-state index contributed by atoms with van der Waals surface area (Å²) < 4.78 is 0.499. The van der Waals surface area contributed by atoms with Crippen LogP contribution in [0.5, 0.6) is 0 Å². The molecule has 2 amide bonds. The summed E-state index contributed by atoms with van der Waals surface area (Å²) in [6.07, 6.45) is 11.0. The third-order valence-corrected chi connectivity index (χ3v) is 5.33. The third kappa shape index (κ3) is 6.64. The Bertz CT molecular complexity index is 1120. The zero-order valence-corrected chi connectivity index (χ0v) is 19.3. The molecular formula is C21H22ClN7O2S. The van der Waals surface area contributed by atoms with Crippen LogP contribution in [-0.2, 0) is 9.59 Å². The lowest BCUT2D eigenvalue weighted by Crippen LogP contribution is -2.18. The van der Waals surface area contributed by atoms with Gasteiger partial charge in [-0.25, -0.2) is 9.97 Å². The van der Waals surface area contributed by atoms with E-state index in [1.54, 1.807) is 31.6 Å². The fraction of sp³-hybridized carbons (Fsp3) is 0.238. The highest BCUT2D eigenvalue weighted by Crippen LogP contribution is 2.26. The fourth-order valence-corrected chi connectivity index (χ4v) is 3.41. The summed E-state index contributed by atoms with van der Waals surface area (Å²) in [5.41, 5.74) is 1.99. The lowest BCUT2D eigenvalue weighted by molar-refractivity contribution is -0.117. The van der Waals surface area contributed by atoms with Crippen LogP contribution in [0.1, 0.15) is 18.4 Å². The zero-order chi connectivity index (χ0) is 23.1. The van der Waals surface area contributed by atoms with Crippen LogP contribution in [0.25, 0.3) is 11.3 Å². The van der Waals surface area contributed by atoms with Gasteiger partial charge in [-0.3, -0.25) is 19.6 Å². The zero-order valence-electron chi connectivity index (χ0n) is 17.7. The topological polar surface area (TPSA) is 113 Å². The highest BCUT2D eigenvalue weighted by molar-refractivity contribution is 7.19. The van der Waals surface area contributed by atoms with Gasteiger partial charge in [0.25, 0.3) is 0 Å². The number of halogens is 1. The van der Waals surface area contributed by atoms with Crippen molar-refractivity contribution in [1.29, 1.82) is 0 Å². The first-order valence-electron chi connectivity index (χ1n) is 9.63. The summed E-state index contributed by atoms with van der Waals surface area (Å²) in [6, 6.07) is 1.83. The van der Waals surface area contributed by atoms with E-state index in [1.807, 2.05) is 25.1 Å². The van der Waals surface area contributed by atoms with Gasteiger partial charge in [0.15, 0.2) is 10.9 Å². The van der Waals surface area contributed by atoms with Crippen molar-refractivity contribution < 1.29 is 9.59 Å². The van der Waals surface area contributed by atoms with Crippen LogP contribution in [-0.4, -0.2) is 57.3 Å². The minimum Gasteiger partial charge on any atom is -0.306 e. The second-order valence-corrected chi connectivity index (χ2v) is 8.79. The molecule has 0 fully saturated rings. The number of aromatic nitrogens is 4. The highest BCUT2D eigenvalue weighted by Gasteiger charge is 2.18. The molecule has 0 aromatic carbocycles. The van der Waals surface area contributed by atoms with Gasteiger partial charge in [-0.2, -0.15) is 0 Å². The number of thiazole rings is 1. The van der Waals surface area contributed by atoms with Gasteiger partial charge < -0.3 is 15.5 Å². The van der Waals surface area contributed by atoms with E-state index in [1.165, 1.54) is 29.8 Å². The van der Waals surface area contributed by atoms with Gasteiger partial charge in [0.2, 0.25) is 11.8 Å². The summed E-state index contributed by atoms with van der Waals surface area (Å²) in [5.74, 6) is -0.627. The van der Waals surface area contributed by atoms with Crippen molar-refractivity contribution in [3.63, 3.8) is 0 Å². The minimum absolute atomic E-state index is 0.221. The van der Waals surface area contributed by atoms with Crippen LogP contribution in [0.3, 0.4) is 0 Å². The quantitative estimate of drug-likeness (QED) is 0.484. The number of anilines is 2. The third-order valence-electron chi connectivity index (χ3n) is 4.30. The number of amides is 2. The van der Waals surface area contributed by atoms with Gasteiger partial charge >= 0.3 is 0 Å². The van der Waals surface area contributed by atoms with Crippen molar-refractivity contribution in [2.75, 3.05) is 31.3 Å². The number of hydrogen-bond donors (Lipinski definition) is 2. The molecule has 3 aromatic heterocycles. The maximum Gasteiger partial charge on any atom is 0.249 e. The lowest BCUT2D eigenvalue weighted by atomic mass is 10.0. The Kier molecular flexibility index (Phi) is 7.98. The molecule has 1 unspecified atom stereocenters. The molecule has 0 spiro atoms. The number of carbonyl (C=O) groups is 2. The van der Waals surface area contributed by atoms with Crippen LogP contribution >= 0.6 is 22.9 Å². The number of nitrogens with one attached hydrogen (secondary N) is 2. The maximum absolute atomic E-state index is 12.5. The molecule has 0 radical (unpaired) electrons. The number of pyridine rings is 1. The first kappa shape index (κ1) is 23.5. The smallest absolute Gasteiger partial charge is 0.249 e. The van der Waals surface area contributed by atoms with Crippen LogP contribution in [0.4, 0.5) is 10.9 Å². The first-order valence-corrected chi connectivity index (χ1v) is 10.8. The summed E-state index contributed by atoms with van der Waals surface area (Å²) in [6.45, 7) is 2.44. The maximum atomic E-state index is 12.5. The van der Waals surface area contributed by atoms with Crippen molar-refractivity contribution in [1.82, 2.24) is 24.8 Å². The van der Waals surface area contributed by atoms with Crippen LogP contribution in [0, 0.1) is 0 Å². The standard InChI is InChI=1S/C21H22ClN7O2S/c1-13(20(31)28-21-26-11-17(22)32-21)14-7-15(9-23-8-14)16-10-25-18(12-24-16)27-19(30)5-4-6-29(2)3/h4-5,7-13H,6H2,1-3H3,(H,25,27,30)(H,26,28,31)/b5-4+. The summed E-state index contributed by atoms with van der Waals surface area (Å²) in [4.78, 5) is 43.3. The van der Waals surface area contributed by atoms with Crippen LogP contribution < -0.4 is 10.6 Å².